The summed E-state index contributed by atoms with van der Waals surface area (Å²) in [4.78, 5) is 19.5. The predicted molar refractivity (Wildman–Crippen MR) is 114 cm³/mol. The van der Waals surface area contributed by atoms with Crippen molar-refractivity contribution in [2.24, 2.45) is 0 Å². The second kappa shape index (κ2) is 9.13. The Morgan fingerprint density at radius 1 is 1.10 bits per heavy atom. The standard InChI is InChI=1S/C20H24ClN3O4S/c1-23(28-2)29(26,27)17-9-6-15(7-10-17)20(25)22-16-8-11-19(18(21)14-16)24-12-4-3-5-13-24/h6-11,14H,3-5,12-13H2,1-2H3,(H,22,25). The van der Waals surface area contributed by atoms with Gasteiger partial charge < -0.3 is 10.2 Å². The second-order valence-corrected chi connectivity index (χ2v) is 9.13. The molecular weight excluding hydrogens is 414 g/mol. The van der Waals surface area contributed by atoms with E-state index in [1.165, 1.54) is 44.8 Å². The van der Waals surface area contributed by atoms with E-state index >= 15 is 0 Å². The summed E-state index contributed by atoms with van der Waals surface area (Å²) in [6.45, 7) is 1.97. The summed E-state index contributed by atoms with van der Waals surface area (Å²) in [6, 6.07) is 11.1. The van der Waals surface area contributed by atoms with E-state index in [2.05, 4.69) is 10.2 Å². The van der Waals surface area contributed by atoms with Gasteiger partial charge in [0.1, 0.15) is 0 Å². The molecule has 0 bridgehead atoms. The number of benzene rings is 2. The number of amides is 1. The van der Waals surface area contributed by atoms with Crippen molar-refractivity contribution < 1.29 is 18.0 Å². The van der Waals surface area contributed by atoms with E-state index < -0.39 is 10.0 Å². The smallest absolute Gasteiger partial charge is 0.264 e. The molecular formula is C20H24ClN3O4S. The van der Waals surface area contributed by atoms with Crippen molar-refractivity contribution in [3.63, 3.8) is 0 Å². The first-order chi connectivity index (χ1) is 13.8. The van der Waals surface area contributed by atoms with Gasteiger partial charge in [-0.3, -0.25) is 9.63 Å². The average Bonchev–Trinajstić information content (AvgIpc) is 2.74. The zero-order valence-corrected chi connectivity index (χ0v) is 18.0. The third-order valence-corrected chi connectivity index (χ3v) is 6.91. The van der Waals surface area contributed by atoms with Crippen molar-refractivity contribution >= 4 is 38.9 Å². The molecule has 7 nitrogen and oxygen atoms in total. The van der Waals surface area contributed by atoms with Gasteiger partial charge in [0.25, 0.3) is 15.9 Å². The van der Waals surface area contributed by atoms with Crippen LogP contribution in [0.15, 0.2) is 47.4 Å². The third kappa shape index (κ3) is 4.90. The van der Waals surface area contributed by atoms with E-state index in [9.17, 15) is 13.2 Å². The molecule has 29 heavy (non-hydrogen) atoms. The summed E-state index contributed by atoms with van der Waals surface area (Å²) in [6.07, 6.45) is 3.55. The molecule has 0 aromatic heterocycles. The Morgan fingerprint density at radius 2 is 1.76 bits per heavy atom. The molecule has 156 valence electrons. The lowest BCUT2D eigenvalue weighted by Gasteiger charge is -2.29. The van der Waals surface area contributed by atoms with Crippen LogP contribution in [0, 0.1) is 0 Å². The van der Waals surface area contributed by atoms with Crippen molar-refractivity contribution in [3.05, 3.63) is 53.1 Å². The van der Waals surface area contributed by atoms with Crippen LogP contribution in [0.5, 0.6) is 0 Å². The molecule has 0 spiro atoms. The zero-order valence-electron chi connectivity index (χ0n) is 16.4. The van der Waals surface area contributed by atoms with Crippen molar-refractivity contribution in [2.75, 3.05) is 37.5 Å². The topological polar surface area (TPSA) is 78.9 Å². The van der Waals surface area contributed by atoms with Crippen LogP contribution >= 0.6 is 11.6 Å². The molecule has 1 fully saturated rings. The van der Waals surface area contributed by atoms with Crippen LogP contribution in [-0.4, -0.2) is 46.0 Å². The second-order valence-electron chi connectivity index (χ2n) is 6.79. The summed E-state index contributed by atoms with van der Waals surface area (Å²) < 4.78 is 25.2. The van der Waals surface area contributed by atoms with Gasteiger partial charge >= 0.3 is 0 Å². The molecule has 0 aliphatic carbocycles. The lowest BCUT2D eigenvalue weighted by Crippen LogP contribution is -2.29. The molecule has 0 atom stereocenters. The van der Waals surface area contributed by atoms with E-state index in [-0.39, 0.29) is 10.8 Å². The Bertz CT molecular complexity index is 974. The number of rotatable bonds is 6. The highest BCUT2D eigenvalue weighted by Crippen LogP contribution is 2.31. The summed E-state index contributed by atoms with van der Waals surface area (Å²) in [5.74, 6) is -0.351. The van der Waals surface area contributed by atoms with Crippen LogP contribution in [0.25, 0.3) is 0 Å². The Labute approximate surface area is 176 Å². The lowest BCUT2D eigenvalue weighted by molar-refractivity contribution is -0.0258. The SMILES string of the molecule is CON(C)S(=O)(=O)c1ccc(C(=O)Nc2ccc(N3CCCCC3)c(Cl)c2)cc1. The van der Waals surface area contributed by atoms with Gasteiger partial charge in [-0.1, -0.05) is 16.1 Å². The zero-order chi connectivity index (χ0) is 21.0. The summed E-state index contributed by atoms with van der Waals surface area (Å²) in [5.41, 5.74) is 1.89. The maximum atomic E-state index is 12.5. The minimum absolute atomic E-state index is 0.0346. The van der Waals surface area contributed by atoms with Gasteiger partial charge in [-0.2, -0.15) is 0 Å². The number of piperidine rings is 1. The number of sulfonamides is 1. The highest BCUT2D eigenvalue weighted by atomic mass is 35.5. The number of anilines is 2. The molecule has 1 heterocycles. The van der Waals surface area contributed by atoms with Gasteiger partial charge in [0.2, 0.25) is 0 Å². The first-order valence-electron chi connectivity index (χ1n) is 9.32. The van der Waals surface area contributed by atoms with E-state index in [4.69, 9.17) is 16.4 Å². The van der Waals surface area contributed by atoms with Crippen LogP contribution in [0.1, 0.15) is 29.6 Å². The first-order valence-corrected chi connectivity index (χ1v) is 11.1. The minimum Gasteiger partial charge on any atom is -0.370 e. The van der Waals surface area contributed by atoms with Crippen LogP contribution < -0.4 is 10.2 Å². The number of nitrogens with one attached hydrogen (secondary N) is 1. The van der Waals surface area contributed by atoms with Gasteiger partial charge in [0.05, 0.1) is 22.7 Å². The van der Waals surface area contributed by atoms with Gasteiger partial charge in [-0.25, -0.2) is 8.42 Å². The van der Waals surface area contributed by atoms with E-state index in [1.807, 2.05) is 12.1 Å². The van der Waals surface area contributed by atoms with Crippen LogP contribution in [0.2, 0.25) is 5.02 Å². The van der Waals surface area contributed by atoms with Crippen molar-refractivity contribution in [2.45, 2.75) is 24.2 Å². The van der Waals surface area contributed by atoms with Crippen molar-refractivity contribution in [1.82, 2.24) is 4.47 Å². The molecule has 1 amide bonds. The minimum atomic E-state index is -3.75. The average molecular weight is 438 g/mol. The van der Waals surface area contributed by atoms with Gasteiger partial charge in [0.15, 0.2) is 0 Å². The van der Waals surface area contributed by atoms with Crippen LogP contribution in [0.4, 0.5) is 11.4 Å². The van der Waals surface area contributed by atoms with E-state index in [0.29, 0.717) is 16.3 Å². The maximum Gasteiger partial charge on any atom is 0.264 e. The molecule has 0 radical (unpaired) electrons. The van der Waals surface area contributed by atoms with Crippen LogP contribution in [0.3, 0.4) is 0 Å². The van der Waals surface area contributed by atoms with Gasteiger partial charge in [0, 0.05) is 31.4 Å². The number of carbonyl (C=O) groups excluding carboxylic acids is 1. The number of halogens is 1. The molecule has 3 rings (SSSR count). The summed E-state index contributed by atoms with van der Waals surface area (Å²) in [7, 11) is -1.19. The number of hydroxylamine groups is 1. The molecule has 2 aromatic carbocycles. The molecule has 2 aromatic rings. The number of nitrogens with zero attached hydrogens (tertiary/aromatic N) is 2. The molecule has 9 heteroatoms. The quantitative estimate of drug-likeness (QED) is 0.696. The Balaban J connectivity index is 1.71. The Kier molecular flexibility index (Phi) is 6.79. The molecule has 1 aliphatic rings. The number of carbonyl (C=O) groups is 1. The molecule has 1 aliphatic heterocycles. The predicted octanol–water partition coefficient (Wildman–Crippen LogP) is 3.76. The fourth-order valence-electron chi connectivity index (χ4n) is 3.20. The first kappa shape index (κ1) is 21.6. The van der Waals surface area contributed by atoms with E-state index in [0.717, 1.165) is 36.1 Å². The maximum absolute atomic E-state index is 12.5. The molecule has 0 saturated carbocycles. The molecule has 1 saturated heterocycles. The van der Waals surface area contributed by atoms with Crippen molar-refractivity contribution in [1.29, 1.82) is 0 Å². The third-order valence-electron chi connectivity index (χ3n) is 4.91. The fraction of sp³-hybridized carbons (Fsp3) is 0.350. The number of hydrogen-bond acceptors (Lipinski definition) is 5. The molecule has 0 unspecified atom stereocenters. The van der Waals surface area contributed by atoms with Gasteiger partial charge in [-0.15, -0.1) is 0 Å². The fourth-order valence-corrected chi connectivity index (χ4v) is 4.48. The highest BCUT2D eigenvalue weighted by Gasteiger charge is 2.21. The van der Waals surface area contributed by atoms with Crippen LogP contribution in [-0.2, 0) is 14.9 Å². The Hall–Kier alpha value is -2.13. The van der Waals surface area contributed by atoms with Gasteiger partial charge in [-0.05, 0) is 61.7 Å². The number of hydrogen-bond donors (Lipinski definition) is 1. The summed E-state index contributed by atoms with van der Waals surface area (Å²) in [5, 5.41) is 3.39. The lowest BCUT2D eigenvalue weighted by atomic mass is 10.1. The monoisotopic (exact) mass is 437 g/mol. The highest BCUT2D eigenvalue weighted by molar-refractivity contribution is 7.89. The van der Waals surface area contributed by atoms with E-state index in [1.54, 1.807) is 6.07 Å². The molecule has 1 N–H and O–H groups in total. The van der Waals surface area contributed by atoms with Crippen molar-refractivity contribution in [3.8, 4) is 0 Å². The Morgan fingerprint density at radius 3 is 2.34 bits per heavy atom. The normalized spacial score (nSPS) is 14.8. The summed E-state index contributed by atoms with van der Waals surface area (Å²) >= 11 is 6.43. The largest absolute Gasteiger partial charge is 0.370 e.